The van der Waals surface area contributed by atoms with Crippen LogP contribution < -0.4 is 21.7 Å². The van der Waals surface area contributed by atoms with Gasteiger partial charge in [-0.2, -0.15) is 0 Å². The molecule has 3 amide bonds. The first kappa shape index (κ1) is 28.6. The van der Waals surface area contributed by atoms with Gasteiger partial charge >= 0.3 is 11.9 Å². The topological polar surface area (TPSA) is 188 Å². The first-order valence-electron chi connectivity index (χ1n) is 11.1. The van der Waals surface area contributed by atoms with Gasteiger partial charge in [0.2, 0.25) is 17.7 Å². The maximum absolute atomic E-state index is 13.1. The zero-order valence-electron chi connectivity index (χ0n) is 19.6. The van der Waals surface area contributed by atoms with E-state index >= 15 is 0 Å². The lowest BCUT2D eigenvalue weighted by atomic mass is 9.98. The van der Waals surface area contributed by atoms with E-state index in [1.54, 1.807) is 30.3 Å². The van der Waals surface area contributed by atoms with Crippen LogP contribution >= 0.6 is 0 Å². The number of benzene rings is 1. The molecule has 11 heteroatoms. The van der Waals surface area contributed by atoms with Crippen molar-refractivity contribution in [2.75, 3.05) is 0 Å². The van der Waals surface area contributed by atoms with Crippen LogP contribution in [0.5, 0.6) is 0 Å². The van der Waals surface area contributed by atoms with Crippen molar-refractivity contribution in [3.63, 3.8) is 0 Å². The SMILES string of the molecule is CCC(C)C(N)C(=O)NC(Cc1ccccc1)C(=O)NC(CCC(=O)O)C(=O)NC(C)C(=O)O. The van der Waals surface area contributed by atoms with Gasteiger partial charge in [-0.15, -0.1) is 0 Å². The second kappa shape index (κ2) is 13.9. The summed E-state index contributed by atoms with van der Waals surface area (Å²) in [4.78, 5) is 60.4. The van der Waals surface area contributed by atoms with E-state index in [1.807, 2.05) is 13.8 Å². The van der Waals surface area contributed by atoms with Gasteiger partial charge in [0.05, 0.1) is 6.04 Å². The number of aliphatic carboxylic acids is 2. The Labute approximate surface area is 198 Å². The lowest BCUT2D eigenvalue weighted by molar-refractivity contribution is -0.142. The van der Waals surface area contributed by atoms with E-state index in [9.17, 15) is 24.0 Å². The van der Waals surface area contributed by atoms with Gasteiger partial charge in [0.1, 0.15) is 18.1 Å². The van der Waals surface area contributed by atoms with Gasteiger partial charge in [-0.25, -0.2) is 0 Å². The molecule has 0 aliphatic carbocycles. The average Bonchev–Trinajstić information content (AvgIpc) is 2.80. The Balaban J connectivity index is 3.09. The van der Waals surface area contributed by atoms with Gasteiger partial charge in [0.25, 0.3) is 0 Å². The predicted octanol–water partition coefficient (Wildman–Crippen LogP) is 0.0262. The molecule has 7 N–H and O–H groups in total. The highest BCUT2D eigenvalue weighted by molar-refractivity contribution is 5.94. The number of nitrogens with two attached hydrogens (primary N) is 1. The van der Waals surface area contributed by atoms with Crippen molar-refractivity contribution < 1.29 is 34.2 Å². The smallest absolute Gasteiger partial charge is 0.325 e. The monoisotopic (exact) mass is 478 g/mol. The van der Waals surface area contributed by atoms with Crippen molar-refractivity contribution in [3.05, 3.63) is 35.9 Å². The Kier molecular flexibility index (Phi) is 11.7. The van der Waals surface area contributed by atoms with Crippen molar-refractivity contribution in [2.24, 2.45) is 11.7 Å². The summed E-state index contributed by atoms with van der Waals surface area (Å²) in [5.41, 5.74) is 6.74. The summed E-state index contributed by atoms with van der Waals surface area (Å²) in [6.07, 6.45) is 0.0554. The number of carbonyl (C=O) groups excluding carboxylic acids is 3. The maximum Gasteiger partial charge on any atom is 0.325 e. The van der Waals surface area contributed by atoms with Gasteiger partial charge in [-0.1, -0.05) is 50.6 Å². The molecule has 0 saturated heterocycles. The minimum Gasteiger partial charge on any atom is -0.481 e. The summed E-state index contributed by atoms with van der Waals surface area (Å²) in [6, 6.07) is 4.37. The van der Waals surface area contributed by atoms with Crippen LogP contribution in [0.3, 0.4) is 0 Å². The number of carboxylic acid groups (broad SMARTS) is 2. The quantitative estimate of drug-likeness (QED) is 0.216. The molecule has 5 atom stereocenters. The molecule has 0 saturated carbocycles. The van der Waals surface area contributed by atoms with Crippen LogP contribution in [0.25, 0.3) is 0 Å². The normalized spacial score (nSPS) is 15.2. The van der Waals surface area contributed by atoms with E-state index in [2.05, 4.69) is 16.0 Å². The van der Waals surface area contributed by atoms with Crippen LogP contribution in [0.4, 0.5) is 0 Å². The number of nitrogens with one attached hydrogen (secondary N) is 3. The first-order valence-corrected chi connectivity index (χ1v) is 11.1. The second-order valence-corrected chi connectivity index (χ2v) is 8.22. The fourth-order valence-corrected chi connectivity index (χ4v) is 3.02. The molecule has 0 spiro atoms. The Morgan fingerprint density at radius 1 is 0.882 bits per heavy atom. The molecule has 0 aliphatic rings. The van der Waals surface area contributed by atoms with Crippen molar-refractivity contribution in [2.45, 2.75) is 70.6 Å². The lowest BCUT2D eigenvalue weighted by Crippen LogP contribution is -2.58. The van der Waals surface area contributed by atoms with Crippen LogP contribution in [0.2, 0.25) is 0 Å². The second-order valence-electron chi connectivity index (χ2n) is 8.22. The number of carbonyl (C=O) groups is 5. The fourth-order valence-electron chi connectivity index (χ4n) is 3.02. The molecule has 34 heavy (non-hydrogen) atoms. The minimum absolute atomic E-state index is 0.102. The predicted molar refractivity (Wildman–Crippen MR) is 124 cm³/mol. The molecule has 5 unspecified atom stereocenters. The molecular weight excluding hydrogens is 444 g/mol. The number of hydrogen-bond acceptors (Lipinski definition) is 6. The van der Waals surface area contributed by atoms with Crippen molar-refractivity contribution in [3.8, 4) is 0 Å². The first-order chi connectivity index (χ1) is 16.0. The largest absolute Gasteiger partial charge is 0.481 e. The third-order valence-electron chi connectivity index (χ3n) is 5.48. The van der Waals surface area contributed by atoms with E-state index < -0.39 is 60.2 Å². The van der Waals surface area contributed by atoms with E-state index in [0.717, 1.165) is 5.56 Å². The summed E-state index contributed by atoms with van der Waals surface area (Å²) in [7, 11) is 0. The minimum atomic E-state index is -1.32. The number of carboxylic acids is 2. The standard InChI is InChI=1S/C23H34N4O7/c1-4-13(2)19(24)22(32)27-17(12-15-8-6-5-7-9-15)21(31)26-16(10-11-18(28)29)20(30)25-14(3)23(33)34/h5-9,13-14,16-17,19H,4,10-12,24H2,1-3H3,(H,25,30)(H,26,31)(H,27,32)(H,28,29)(H,33,34). The number of rotatable bonds is 14. The Morgan fingerprint density at radius 2 is 1.44 bits per heavy atom. The van der Waals surface area contributed by atoms with Gasteiger partial charge in [0, 0.05) is 12.8 Å². The molecule has 0 bridgehead atoms. The number of amides is 3. The molecular formula is C23H34N4O7. The summed E-state index contributed by atoms with van der Waals surface area (Å²) in [5.74, 6) is -4.70. The van der Waals surface area contributed by atoms with Crippen molar-refractivity contribution in [1.82, 2.24) is 16.0 Å². The van der Waals surface area contributed by atoms with E-state index in [1.165, 1.54) is 6.92 Å². The zero-order chi connectivity index (χ0) is 25.8. The van der Waals surface area contributed by atoms with Gasteiger partial charge in [-0.3, -0.25) is 24.0 Å². The summed E-state index contributed by atoms with van der Waals surface area (Å²) in [5, 5.41) is 25.3. The lowest BCUT2D eigenvalue weighted by Gasteiger charge is -2.25. The van der Waals surface area contributed by atoms with Crippen LogP contribution in [-0.4, -0.2) is 64.0 Å². The van der Waals surface area contributed by atoms with Crippen molar-refractivity contribution >= 4 is 29.7 Å². The molecule has 0 radical (unpaired) electrons. The van der Waals surface area contributed by atoms with Crippen molar-refractivity contribution in [1.29, 1.82) is 0 Å². The fraction of sp³-hybridized carbons (Fsp3) is 0.522. The molecule has 0 fully saturated rings. The molecule has 1 rings (SSSR count). The highest BCUT2D eigenvalue weighted by Gasteiger charge is 2.30. The van der Waals surface area contributed by atoms with Gasteiger partial charge in [-0.05, 0) is 24.8 Å². The summed E-state index contributed by atoms with van der Waals surface area (Å²) >= 11 is 0. The van der Waals surface area contributed by atoms with Crippen LogP contribution in [-0.2, 0) is 30.4 Å². The van der Waals surface area contributed by atoms with Gasteiger partial charge in [0.15, 0.2) is 0 Å². The number of hydrogen-bond donors (Lipinski definition) is 6. The zero-order valence-corrected chi connectivity index (χ0v) is 19.6. The molecule has 0 aliphatic heterocycles. The Morgan fingerprint density at radius 3 is 1.97 bits per heavy atom. The molecule has 0 heterocycles. The summed E-state index contributed by atoms with van der Waals surface area (Å²) < 4.78 is 0. The molecule has 1 aromatic rings. The average molecular weight is 479 g/mol. The van der Waals surface area contributed by atoms with Gasteiger partial charge < -0.3 is 31.9 Å². The molecule has 188 valence electrons. The van der Waals surface area contributed by atoms with E-state index in [4.69, 9.17) is 15.9 Å². The van der Waals surface area contributed by atoms with Crippen LogP contribution in [0, 0.1) is 5.92 Å². The Hall–Kier alpha value is -3.47. The molecule has 1 aromatic carbocycles. The Bertz CT molecular complexity index is 862. The summed E-state index contributed by atoms with van der Waals surface area (Å²) in [6.45, 7) is 4.94. The van der Waals surface area contributed by atoms with E-state index in [-0.39, 0.29) is 18.8 Å². The highest BCUT2D eigenvalue weighted by atomic mass is 16.4. The third-order valence-corrected chi connectivity index (χ3v) is 5.48. The molecule has 0 aromatic heterocycles. The highest BCUT2D eigenvalue weighted by Crippen LogP contribution is 2.09. The third kappa shape index (κ3) is 9.57. The molecule has 11 nitrogen and oxygen atoms in total. The van der Waals surface area contributed by atoms with E-state index in [0.29, 0.717) is 6.42 Å². The van der Waals surface area contributed by atoms with Crippen LogP contribution in [0.15, 0.2) is 30.3 Å². The van der Waals surface area contributed by atoms with Crippen LogP contribution in [0.1, 0.15) is 45.6 Å². The maximum atomic E-state index is 13.1.